The second kappa shape index (κ2) is 6.55. The molecule has 1 atom stereocenters. The third kappa shape index (κ3) is 3.70. The molecule has 0 heterocycles. The molecule has 19 heavy (non-hydrogen) atoms. The monoisotopic (exact) mass is 360 g/mol. The Kier molecular flexibility index (Phi) is 5.26. The maximum Gasteiger partial charge on any atom is 0.303 e. The summed E-state index contributed by atoms with van der Waals surface area (Å²) in [5.74, 6) is 0.0149. The standard InChI is InChI=1S/C14H17BrO2S2/c1-18-12-6-9(5-11(15)14(12)19-2)10(7-13(16)17)8-3-4-8/h5-6,8,10H,3-4,7H2,1-2H3,(H,16,17). The van der Waals surface area contributed by atoms with Gasteiger partial charge in [-0.3, -0.25) is 4.79 Å². The Morgan fingerprint density at radius 1 is 1.42 bits per heavy atom. The third-order valence-electron chi connectivity index (χ3n) is 3.47. The van der Waals surface area contributed by atoms with Crippen LogP contribution in [0.2, 0.25) is 0 Å². The van der Waals surface area contributed by atoms with Gasteiger partial charge in [0.25, 0.3) is 0 Å². The number of carboxylic acid groups (broad SMARTS) is 1. The summed E-state index contributed by atoms with van der Waals surface area (Å²) < 4.78 is 1.08. The van der Waals surface area contributed by atoms with Gasteiger partial charge in [0.15, 0.2) is 0 Å². The van der Waals surface area contributed by atoms with Crippen molar-refractivity contribution in [1.29, 1.82) is 0 Å². The number of halogens is 1. The van der Waals surface area contributed by atoms with Gasteiger partial charge < -0.3 is 5.11 Å². The normalized spacial score (nSPS) is 16.4. The fourth-order valence-corrected chi connectivity index (χ4v) is 5.05. The van der Waals surface area contributed by atoms with E-state index in [0.29, 0.717) is 5.92 Å². The molecule has 2 nitrogen and oxygen atoms in total. The molecule has 1 aromatic carbocycles. The minimum absolute atomic E-state index is 0.163. The Bertz CT molecular complexity index is 487. The van der Waals surface area contributed by atoms with Crippen LogP contribution in [0.3, 0.4) is 0 Å². The van der Waals surface area contributed by atoms with E-state index in [-0.39, 0.29) is 12.3 Å². The molecule has 0 amide bonds. The van der Waals surface area contributed by atoms with Gasteiger partial charge in [0.05, 0.1) is 6.42 Å². The number of benzene rings is 1. The first-order chi connectivity index (χ1) is 9.06. The van der Waals surface area contributed by atoms with E-state index in [1.54, 1.807) is 23.5 Å². The van der Waals surface area contributed by atoms with Crippen molar-refractivity contribution in [3.63, 3.8) is 0 Å². The summed E-state index contributed by atoms with van der Waals surface area (Å²) in [4.78, 5) is 13.5. The lowest BCUT2D eigenvalue weighted by Crippen LogP contribution is -2.08. The lowest BCUT2D eigenvalue weighted by molar-refractivity contribution is -0.137. The van der Waals surface area contributed by atoms with Crippen molar-refractivity contribution in [1.82, 2.24) is 0 Å². The number of carboxylic acids is 1. The molecular weight excluding hydrogens is 344 g/mol. The largest absolute Gasteiger partial charge is 0.481 e. The van der Waals surface area contributed by atoms with Crippen molar-refractivity contribution >= 4 is 45.4 Å². The van der Waals surface area contributed by atoms with E-state index in [1.165, 1.54) is 15.4 Å². The molecule has 5 heteroatoms. The zero-order valence-electron chi connectivity index (χ0n) is 11.0. The van der Waals surface area contributed by atoms with Crippen molar-refractivity contribution in [2.75, 3.05) is 12.5 Å². The lowest BCUT2D eigenvalue weighted by Gasteiger charge is -2.18. The summed E-state index contributed by atoms with van der Waals surface area (Å²) in [6.07, 6.45) is 6.69. The summed E-state index contributed by atoms with van der Waals surface area (Å²) in [6, 6.07) is 4.28. The molecule has 1 aliphatic rings. The van der Waals surface area contributed by atoms with E-state index >= 15 is 0 Å². The first-order valence-corrected chi connectivity index (χ1v) is 9.44. The Balaban J connectivity index is 2.36. The van der Waals surface area contributed by atoms with Crippen molar-refractivity contribution in [3.8, 4) is 0 Å². The summed E-state index contributed by atoms with van der Waals surface area (Å²) in [7, 11) is 0. The van der Waals surface area contributed by atoms with Gasteiger partial charge in [-0.15, -0.1) is 23.5 Å². The zero-order chi connectivity index (χ0) is 14.0. The first-order valence-electron chi connectivity index (χ1n) is 6.20. The predicted molar refractivity (Wildman–Crippen MR) is 85.4 cm³/mol. The van der Waals surface area contributed by atoms with E-state index in [9.17, 15) is 4.79 Å². The van der Waals surface area contributed by atoms with Crippen LogP contribution in [0.4, 0.5) is 0 Å². The second-order valence-corrected chi connectivity index (χ2v) is 7.30. The second-order valence-electron chi connectivity index (χ2n) is 4.78. The van der Waals surface area contributed by atoms with Gasteiger partial charge in [-0.2, -0.15) is 0 Å². The van der Waals surface area contributed by atoms with Crippen LogP contribution >= 0.6 is 39.5 Å². The molecule has 2 rings (SSSR count). The Hall–Kier alpha value is -0.130. The van der Waals surface area contributed by atoms with Crippen molar-refractivity contribution in [2.45, 2.75) is 35.0 Å². The highest BCUT2D eigenvalue weighted by atomic mass is 79.9. The van der Waals surface area contributed by atoms with E-state index in [2.05, 4.69) is 40.6 Å². The first kappa shape index (κ1) is 15.3. The van der Waals surface area contributed by atoms with Gasteiger partial charge in [-0.1, -0.05) is 0 Å². The predicted octanol–water partition coefficient (Wildman–Crippen LogP) is 4.86. The quantitative estimate of drug-likeness (QED) is 0.734. The van der Waals surface area contributed by atoms with Crippen LogP contribution in [0.1, 0.15) is 30.7 Å². The van der Waals surface area contributed by atoms with Crippen molar-refractivity contribution in [3.05, 3.63) is 22.2 Å². The molecule has 0 spiro atoms. The van der Waals surface area contributed by atoms with Crippen molar-refractivity contribution < 1.29 is 9.90 Å². The maximum atomic E-state index is 11.1. The number of carbonyl (C=O) groups is 1. The minimum atomic E-state index is -0.701. The summed E-state index contributed by atoms with van der Waals surface area (Å²) in [6.45, 7) is 0. The number of rotatable bonds is 6. The fraction of sp³-hybridized carbons (Fsp3) is 0.500. The Labute approximate surface area is 130 Å². The molecule has 1 aromatic rings. The summed E-state index contributed by atoms with van der Waals surface area (Å²) in [5.41, 5.74) is 1.17. The maximum absolute atomic E-state index is 11.1. The number of aliphatic carboxylic acids is 1. The smallest absolute Gasteiger partial charge is 0.303 e. The lowest BCUT2D eigenvalue weighted by atomic mass is 9.91. The van der Waals surface area contributed by atoms with Crippen LogP contribution in [-0.2, 0) is 4.79 Å². The van der Waals surface area contributed by atoms with E-state index in [0.717, 1.165) is 17.3 Å². The highest BCUT2D eigenvalue weighted by Crippen LogP contribution is 2.47. The fourth-order valence-electron chi connectivity index (χ4n) is 2.40. The van der Waals surface area contributed by atoms with Gasteiger partial charge >= 0.3 is 5.97 Å². The zero-order valence-corrected chi connectivity index (χ0v) is 14.2. The minimum Gasteiger partial charge on any atom is -0.481 e. The average Bonchev–Trinajstić information content (AvgIpc) is 3.18. The number of hydrogen-bond acceptors (Lipinski definition) is 3. The SMILES string of the molecule is CSc1cc(C(CC(=O)O)C2CC2)cc(Br)c1SC. The highest BCUT2D eigenvalue weighted by molar-refractivity contribution is 9.10. The van der Waals surface area contributed by atoms with Crippen LogP contribution in [-0.4, -0.2) is 23.6 Å². The van der Waals surface area contributed by atoms with Gasteiger partial charge in [-0.05, 0) is 70.8 Å². The molecule has 0 aliphatic heterocycles. The molecule has 1 fully saturated rings. The van der Waals surface area contributed by atoms with E-state index in [4.69, 9.17) is 5.11 Å². The highest BCUT2D eigenvalue weighted by Gasteiger charge is 2.34. The van der Waals surface area contributed by atoms with Gasteiger partial charge in [0.1, 0.15) is 0 Å². The Morgan fingerprint density at radius 3 is 2.58 bits per heavy atom. The van der Waals surface area contributed by atoms with Crippen LogP contribution in [0, 0.1) is 5.92 Å². The van der Waals surface area contributed by atoms with E-state index < -0.39 is 5.97 Å². The molecule has 1 N–H and O–H groups in total. The number of hydrogen-bond donors (Lipinski definition) is 1. The molecule has 0 saturated heterocycles. The molecular formula is C14H17BrO2S2. The molecule has 0 radical (unpaired) electrons. The Morgan fingerprint density at radius 2 is 2.11 bits per heavy atom. The van der Waals surface area contributed by atoms with Crippen molar-refractivity contribution in [2.24, 2.45) is 5.92 Å². The van der Waals surface area contributed by atoms with Gasteiger partial charge in [-0.25, -0.2) is 0 Å². The van der Waals surface area contributed by atoms with Gasteiger partial charge in [0.2, 0.25) is 0 Å². The summed E-state index contributed by atoms with van der Waals surface area (Å²) in [5, 5.41) is 9.10. The van der Waals surface area contributed by atoms with Crippen LogP contribution in [0.5, 0.6) is 0 Å². The average molecular weight is 361 g/mol. The molecule has 0 bridgehead atoms. The van der Waals surface area contributed by atoms with Crippen LogP contribution in [0.15, 0.2) is 26.4 Å². The van der Waals surface area contributed by atoms with Gasteiger partial charge in [0, 0.05) is 14.3 Å². The topological polar surface area (TPSA) is 37.3 Å². The third-order valence-corrected chi connectivity index (χ3v) is 6.10. The molecule has 104 valence electrons. The van der Waals surface area contributed by atoms with E-state index in [1.807, 2.05) is 0 Å². The number of thioether (sulfide) groups is 2. The van der Waals surface area contributed by atoms with Crippen LogP contribution in [0.25, 0.3) is 0 Å². The molecule has 1 unspecified atom stereocenters. The molecule has 1 saturated carbocycles. The molecule has 0 aromatic heterocycles. The summed E-state index contributed by atoms with van der Waals surface area (Å²) >= 11 is 7.06. The van der Waals surface area contributed by atoms with Crippen LogP contribution < -0.4 is 0 Å². The molecule has 1 aliphatic carbocycles.